The van der Waals surface area contributed by atoms with Crippen LogP contribution in [0.5, 0.6) is 0 Å². The Labute approximate surface area is 156 Å². The highest BCUT2D eigenvalue weighted by Gasteiger charge is 2.59. The number of benzene rings is 1. The highest BCUT2D eigenvalue weighted by atomic mass is 16.6. The molecule has 3 N–H and O–H groups in total. The summed E-state index contributed by atoms with van der Waals surface area (Å²) in [5.41, 5.74) is -0.105. The lowest BCUT2D eigenvalue weighted by Gasteiger charge is -2.31. The number of fused-ring (bicyclic) bond motifs is 2. The van der Waals surface area contributed by atoms with Crippen LogP contribution in [-0.2, 0) is 4.74 Å². The van der Waals surface area contributed by atoms with Crippen LogP contribution >= 0.6 is 0 Å². The molecule has 0 spiro atoms. The molecule has 1 aromatic heterocycles. The molecule has 8 nitrogen and oxygen atoms in total. The molecule has 2 fully saturated rings. The smallest absolute Gasteiger partial charge is 0.351 e. The van der Waals surface area contributed by atoms with Crippen LogP contribution < -0.4 is 16.3 Å². The van der Waals surface area contributed by atoms with Crippen molar-refractivity contribution in [3.05, 3.63) is 58.1 Å². The van der Waals surface area contributed by atoms with Gasteiger partial charge in [-0.1, -0.05) is 25.1 Å². The summed E-state index contributed by atoms with van der Waals surface area (Å²) in [7, 11) is 0. The van der Waals surface area contributed by atoms with Crippen LogP contribution in [0.2, 0.25) is 0 Å². The van der Waals surface area contributed by atoms with E-state index in [4.69, 9.17) is 4.74 Å². The van der Waals surface area contributed by atoms with Crippen molar-refractivity contribution in [2.45, 2.75) is 44.2 Å². The van der Waals surface area contributed by atoms with Gasteiger partial charge >= 0.3 is 5.69 Å². The van der Waals surface area contributed by atoms with E-state index in [0.717, 1.165) is 0 Å². The monoisotopic (exact) mass is 370 g/mol. The van der Waals surface area contributed by atoms with E-state index in [1.165, 1.54) is 4.57 Å². The quantitative estimate of drug-likeness (QED) is 0.736. The Kier molecular flexibility index (Phi) is 4.33. The Balaban J connectivity index is 1.60. The van der Waals surface area contributed by atoms with Gasteiger partial charge in [-0.25, -0.2) is 4.79 Å². The summed E-state index contributed by atoms with van der Waals surface area (Å²) in [6.07, 6.45) is 0.933. The molecule has 1 aromatic carbocycles. The van der Waals surface area contributed by atoms with Gasteiger partial charge in [0.15, 0.2) is 6.23 Å². The van der Waals surface area contributed by atoms with Crippen LogP contribution in [0, 0.1) is 6.92 Å². The Hall–Kier alpha value is -2.55. The fourth-order valence-corrected chi connectivity index (χ4v) is 3.81. The van der Waals surface area contributed by atoms with Gasteiger partial charge in [-0.3, -0.25) is 9.36 Å². The van der Waals surface area contributed by atoms with Crippen LogP contribution in [0.15, 0.2) is 41.3 Å². The van der Waals surface area contributed by atoms with Crippen LogP contribution in [0.3, 0.4) is 0 Å². The third-order valence-corrected chi connectivity index (χ3v) is 5.45. The maximum atomic E-state index is 12.6. The van der Waals surface area contributed by atoms with Crippen LogP contribution in [0.25, 0.3) is 0 Å². The standard InChI is InChI=1S/C19H22N4O4/c1-3-19-10-20-13(14(19)24)17(27-19)23-9-11(2)15(22-18(23)26)21-16(25)12-7-5-4-6-8-12/h4-9,13-14,17,20,24H,3,10H2,1-2H3,(H,21,22,25,26)/t13-,14+,17-,19+/m1/s1. The molecule has 2 saturated heterocycles. The van der Waals surface area contributed by atoms with E-state index < -0.39 is 23.6 Å². The molecule has 4 rings (SSSR count). The molecule has 0 radical (unpaired) electrons. The minimum atomic E-state index is -0.683. The lowest BCUT2D eigenvalue weighted by atomic mass is 9.96. The molecule has 2 bridgehead atoms. The number of anilines is 1. The Morgan fingerprint density at radius 1 is 1.44 bits per heavy atom. The first-order valence-corrected chi connectivity index (χ1v) is 9.00. The fraction of sp³-hybridized carbons (Fsp3) is 0.421. The number of aryl methyl sites for hydroxylation is 1. The maximum Gasteiger partial charge on any atom is 0.351 e. The molecule has 2 aliphatic rings. The second-order valence-electron chi connectivity index (χ2n) is 7.06. The van der Waals surface area contributed by atoms with E-state index in [9.17, 15) is 14.7 Å². The van der Waals surface area contributed by atoms with Crippen molar-refractivity contribution in [2.24, 2.45) is 0 Å². The first kappa shape index (κ1) is 17.8. The largest absolute Gasteiger partial charge is 0.388 e. The summed E-state index contributed by atoms with van der Waals surface area (Å²) in [5, 5.41) is 16.4. The predicted molar refractivity (Wildman–Crippen MR) is 98.6 cm³/mol. The fourth-order valence-electron chi connectivity index (χ4n) is 3.81. The first-order valence-electron chi connectivity index (χ1n) is 9.00. The molecule has 4 atom stereocenters. The Morgan fingerprint density at radius 3 is 2.85 bits per heavy atom. The molecule has 27 heavy (non-hydrogen) atoms. The van der Waals surface area contributed by atoms with Crippen molar-refractivity contribution < 1.29 is 14.6 Å². The number of rotatable bonds is 4. The number of morpholine rings is 1. The van der Waals surface area contributed by atoms with E-state index in [2.05, 4.69) is 15.6 Å². The summed E-state index contributed by atoms with van der Waals surface area (Å²) in [4.78, 5) is 28.9. The predicted octanol–water partition coefficient (Wildman–Crippen LogP) is 0.814. The van der Waals surface area contributed by atoms with Crippen LogP contribution in [-0.4, -0.2) is 44.9 Å². The van der Waals surface area contributed by atoms with Gasteiger partial charge in [0, 0.05) is 23.9 Å². The number of hydrogen-bond donors (Lipinski definition) is 3. The van der Waals surface area contributed by atoms with E-state index >= 15 is 0 Å². The molecule has 1 amide bonds. The number of amides is 1. The van der Waals surface area contributed by atoms with Crippen molar-refractivity contribution in [1.82, 2.24) is 14.9 Å². The van der Waals surface area contributed by atoms with Crippen molar-refractivity contribution >= 4 is 11.7 Å². The van der Waals surface area contributed by atoms with Crippen molar-refractivity contribution in [2.75, 3.05) is 11.9 Å². The number of carbonyl (C=O) groups excluding carboxylic acids is 1. The summed E-state index contributed by atoms with van der Waals surface area (Å²) in [6, 6.07) is 8.36. The van der Waals surface area contributed by atoms with Crippen molar-refractivity contribution in [1.29, 1.82) is 0 Å². The Morgan fingerprint density at radius 2 is 2.19 bits per heavy atom. The molecule has 0 saturated carbocycles. The van der Waals surface area contributed by atoms with Crippen molar-refractivity contribution in [3.8, 4) is 0 Å². The number of carbonyl (C=O) groups is 1. The van der Waals surface area contributed by atoms with Gasteiger partial charge in [0.25, 0.3) is 5.91 Å². The minimum absolute atomic E-state index is 0.215. The molecular weight excluding hydrogens is 348 g/mol. The minimum Gasteiger partial charge on any atom is -0.388 e. The number of nitrogens with one attached hydrogen (secondary N) is 2. The third-order valence-electron chi connectivity index (χ3n) is 5.45. The molecular formula is C19H22N4O4. The second kappa shape index (κ2) is 6.56. The lowest BCUT2D eigenvalue weighted by molar-refractivity contribution is -0.112. The average Bonchev–Trinajstić information content (AvgIpc) is 3.15. The summed E-state index contributed by atoms with van der Waals surface area (Å²) in [5.74, 6) is -0.117. The molecule has 2 aromatic rings. The number of aliphatic hydroxyl groups is 1. The highest BCUT2D eigenvalue weighted by molar-refractivity contribution is 6.03. The van der Waals surface area contributed by atoms with E-state index in [1.807, 2.05) is 13.0 Å². The summed E-state index contributed by atoms with van der Waals surface area (Å²) in [6.45, 7) is 4.26. The average molecular weight is 370 g/mol. The van der Waals surface area contributed by atoms with Gasteiger partial charge in [0.1, 0.15) is 17.5 Å². The van der Waals surface area contributed by atoms with Gasteiger partial charge in [-0.2, -0.15) is 4.98 Å². The van der Waals surface area contributed by atoms with Crippen LogP contribution in [0.4, 0.5) is 5.82 Å². The van der Waals surface area contributed by atoms with E-state index in [0.29, 0.717) is 24.1 Å². The number of ether oxygens (including phenoxy) is 1. The number of nitrogens with zero attached hydrogens (tertiary/aromatic N) is 2. The molecule has 8 heteroatoms. The van der Waals surface area contributed by atoms with Crippen LogP contribution in [0.1, 0.15) is 35.5 Å². The summed E-state index contributed by atoms with van der Waals surface area (Å²) < 4.78 is 7.42. The molecule has 2 aliphatic heterocycles. The molecule has 0 aliphatic carbocycles. The number of aliphatic hydroxyl groups excluding tert-OH is 1. The van der Waals surface area contributed by atoms with Gasteiger partial charge in [-0.15, -0.1) is 0 Å². The topological polar surface area (TPSA) is 105 Å². The first-order chi connectivity index (χ1) is 12.9. The maximum absolute atomic E-state index is 12.6. The van der Waals surface area contributed by atoms with E-state index in [-0.39, 0.29) is 17.8 Å². The lowest BCUT2D eigenvalue weighted by Crippen LogP contribution is -2.45. The number of aromatic nitrogens is 2. The third kappa shape index (κ3) is 2.86. The molecule has 3 heterocycles. The Bertz CT molecular complexity index is 929. The van der Waals surface area contributed by atoms with Gasteiger partial charge in [-0.05, 0) is 25.5 Å². The molecule has 142 valence electrons. The molecule has 0 unspecified atom stereocenters. The summed E-state index contributed by atoms with van der Waals surface area (Å²) >= 11 is 0. The van der Waals surface area contributed by atoms with Gasteiger partial charge < -0.3 is 20.5 Å². The van der Waals surface area contributed by atoms with E-state index in [1.54, 1.807) is 37.4 Å². The zero-order valence-electron chi connectivity index (χ0n) is 15.2. The highest BCUT2D eigenvalue weighted by Crippen LogP contribution is 2.43. The normalized spacial score (nSPS) is 29.1. The second-order valence-corrected chi connectivity index (χ2v) is 7.06. The van der Waals surface area contributed by atoms with Gasteiger partial charge in [0.05, 0.1) is 6.04 Å². The zero-order valence-corrected chi connectivity index (χ0v) is 15.2. The number of hydrogen-bond acceptors (Lipinski definition) is 6. The van der Waals surface area contributed by atoms with Gasteiger partial charge in [0.2, 0.25) is 0 Å². The SMILES string of the molecule is CC[C@@]12CN[C@@H]([C@H](n3cc(C)c(NC(=O)c4ccccc4)nc3=O)O1)[C@@H]2O. The van der Waals surface area contributed by atoms with Crippen molar-refractivity contribution in [3.63, 3.8) is 0 Å². The zero-order chi connectivity index (χ0) is 19.2.